The van der Waals surface area contributed by atoms with Crippen molar-refractivity contribution < 1.29 is 14.6 Å². The highest BCUT2D eigenvalue weighted by Gasteiger charge is 2.20. The first kappa shape index (κ1) is 14.8. The summed E-state index contributed by atoms with van der Waals surface area (Å²) in [5.74, 6) is 0.0745. The molecule has 0 bridgehead atoms. The number of hydrogen-bond donors (Lipinski definition) is 1. The lowest BCUT2D eigenvalue weighted by molar-refractivity contribution is 0.145. The molecule has 0 aliphatic carbocycles. The van der Waals surface area contributed by atoms with Gasteiger partial charge in [0.15, 0.2) is 5.75 Å². The molecule has 0 unspecified atom stereocenters. The lowest BCUT2D eigenvalue weighted by Gasteiger charge is -2.12. The van der Waals surface area contributed by atoms with Crippen molar-refractivity contribution in [3.05, 3.63) is 58.0 Å². The van der Waals surface area contributed by atoms with Crippen LogP contribution in [-0.2, 0) is 0 Å². The second-order valence-corrected chi connectivity index (χ2v) is 5.70. The molecular formula is C16H9BrClNO3. The Kier molecular flexibility index (Phi) is 4.00. The standard InChI is InChI=1S/C16H9BrClNO3/c17-10-7-4-8-11-12(10)15(22-16(20)21)13(18)14(19-11)9-5-2-1-3-6-9/h1-8H,(H,20,21). The van der Waals surface area contributed by atoms with E-state index in [0.717, 1.165) is 5.56 Å². The molecule has 0 saturated heterocycles. The van der Waals surface area contributed by atoms with E-state index in [1.807, 2.05) is 36.4 Å². The zero-order chi connectivity index (χ0) is 15.7. The number of rotatable bonds is 2. The summed E-state index contributed by atoms with van der Waals surface area (Å²) in [7, 11) is 0. The first-order valence-corrected chi connectivity index (χ1v) is 7.49. The van der Waals surface area contributed by atoms with Gasteiger partial charge in [-0.3, -0.25) is 0 Å². The molecule has 0 saturated carbocycles. The summed E-state index contributed by atoms with van der Waals surface area (Å²) in [6.45, 7) is 0. The van der Waals surface area contributed by atoms with E-state index in [2.05, 4.69) is 20.9 Å². The van der Waals surface area contributed by atoms with E-state index in [9.17, 15) is 4.79 Å². The minimum absolute atomic E-state index is 0.0745. The lowest BCUT2D eigenvalue weighted by atomic mass is 10.1. The summed E-state index contributed by atoms with van der Waals surface area (Å²) in [5.41, 5.74) is 1.85. The Morgan fingerprint density at radius 3 is 2.55 bits per heavy atom. The van der Waals surface area contributed by atoms with Gasteiger partial charge < -0.3 is 9.84 Å². The fraction of sp³-hybridized carbons (Fsp3) is 0. The number of carbonyl (C=O) groups is 1. The van der Waals surface area contributed by atoms with Gasteiger partial charge in [0.2, 0.25) is 0 Å². The van der Waals surface area contributed by atoms with Crippen molar-refractivity contribution >= 4 is 44.6 Å². The largest absolute Gasteiger partial charge is 0.511 e. The Morgan fingerprint density at radius 2 is 1.86 bits per heavy atom. The highest BCUT2D eigenvalue weighted by atomic mass is 79.9. The Labute approximate surface area is 139 Å². The zero-order valence-corrected chi connectivity index (χ0v) is 13.4. The maximum atomic E-state index is 11.0. The lowest BCUT2D eigenvalue weighted by Crippen LogP contribution is -2.05. The summed E-state index contributed by atoms with van der Waals surface area (Å²) in [4.78, 5) is 15.5. The van der Waals surface area contributed by atoms with Gasteiger partial charge in [-0.05, 0) is 28.1 Å². The maximum Gasteiger partial charge on any atom is 0.511 e. The van der Waals surface area contributed by atoms with Crippen LogP contribution in [0.25, 0.3) is 22.2 Å². The molecule has 2 aromatic carbocycles. The monoisotopic (exact) mass is 377 g/mol. The Hall–Kier alpha value is -2.11. The van der Waals surface area contributed by atoms with Crippen LogP contribution >= 0.6 is 27.5 Å². The van der Waals surface area contributed by atoms with E-state index >= 15 is 0 Å². The van der Waals surface area contributed by atoms with Crippen LogP contribution in [0.4, 0.5) is 4.79 Å². The molecule has 0 atom stereocenters. The van der Waals surface area contributed by atoms with Crippen molar-refractivity contribution in [2.75, 3.05) is 0 Å². The van der Waals surface area contributed by atoms with Crippen LogP contribution in [0.5, 0.6) is 5.75 Å². The SMILES string of the molecule is O=C(O)Oc1c(Cl)c(-c2ccccc2)nc2cccc(Br)c12. The molecule has 22 heavy (non-hydrogen) atoms. The predicted octanol–water partition coefficient (Wildman–Crippen LogP) is 5.37. The summed E-state index contributed by atoms with van der Waals surface area (Å²) in [6.07, 6.45) is -1.43. The van der Waals surface area contributed by atoms with Crippen LogP contribution in [0.15, 0.2) is 53.0 Å². The fourth-order valence-corrected chi connectivity index (χ4v) is 3.01. The van der Waals surface area contributed by atoms with E-state index in [1.54, 1.807) is 12.1 Å². The van der Waals surface area contributed by atoms with Gasteiger partial charge in [0.25, 0.3) is 0 Å². The third-order valence-electron chi connectivity index (χ3n) is 3.09. The molecule has 1 aromatic heterocycles. The van der Waals surface area contributed by atoms with E-state index in [-0.39, 0.29) is 10.8 Å². The summed E-state index contributed by atoms with van der Waals surface area (Å²) in [6, 6.07) is 14.7. The summed E-state index contributed by atoms with van der Waals surface area (Å²) in [5, 5.41) is 9.67. The average molecular weight is 379 g/mol. The van der Waals surface area contributed by atoms with Crippen molar-refractivity contribution in [2.45, 2.75) is 0 Å². The number of ether oxygens (including phenoxy) is 1. The first-order chi connectivity index (χ1) is 10.6. The number of pyridine rings is 1. The van der Waals surface area contributed by atoms with Gasteiger partial charge in [-0.25, -0.2) is 9.78 Å². The average Bonchev–Trinajstić information content (AvgIpc) is 2.50. The number of halogens is 2. The van der Waals surface area contributed by atoms with Gasteiger partial charge >= 0.3 is 6.16 Å². The Bertz CT molecular complexity index is 868. The number of fused-ring (bicyclic) bond motifs is 1. The maximum absolute atomic E-state index is 11.0. The van der Waals surface area contributed by atoms with Crippen molar-refractivity contribution in [3.63, 3.8) is 0 Å². The molecule has 3 rings (SSSR count). The van der Waals surface area contributed by atoms with E-state index in [4.69, 9.17) is 21.4 Å². The van der Waals surface area contributed by atoms with Crippen LogP contribution in [0.1, 0.15) is 0 Å². The van der Waals surface area contributed by atoms with Crippen molar-refractivity contribution in [1.82, 2.24) is 4.98 Å². The molecular weight excluding hydrogens is 370 g/mol. The van der Waals surface area contributed by atoms with Gasteiger partial charge in [0.05, 0.1) is 16.6 Å². The smallest absolute Gasteiger partial charge is 0.449 e. The fourth-order valence-electron chi connectivity index (χ4n) is 2.19. The second-order valence-electron chi connectivity index (χ2n) is 4.47. The third-order valence-corrected chi connectivity index (χ3v) is 4.11. The second kappa shape index (κ2) is 5.94. The third kappa shape index (κ3) is 2.65. The molecule has 110 valence electrons. The quantitative estimate of drug-likeness (QED) is 0.609. The molecule has 0 radical (unpaired) electrons. The Balaban J connectivity index is 2.37. The van der Waals surface area contributed by atoms with Gasteiger partial charge in [-0.2, -0.15) is 0 Å². The van der Waals surface area contributed by atoms with Crippen LogP contribution < -0.4 is 4.74 Å². The molecule has 4 nitrogen and oxygen atoms in total. The van der Waals surface area contributed by atoms with Gasteiger partial charge in [-0.15, -0.1) is 0 Å². The molecule has 3 aromatic rings. The predicted molar refractivity (Wildman–Crippen MR) is 88.5 cm³/mol. The highest BCUT2D eigenvalue weighted by Crippen LogP contribution is 2.42. The van der Waals surface area contributed by atoms with Crippen LogP contribution in [0.2, 0.25) is 5.02 Å². The molecule has 1 N–H and O–H groups in total. The van der Waals surface area contributed by atoms with Gasteiger partial charge in [0, 0.05) is 10.0 Å². The molecule has 0 aliphatic heterocycles. The first-order valence-electron chi connectivity index (χ1n) is 6.32. The van der Waals surface area contributed by atoms with Gasteiger partial charge in [-0.1, -0.05) is 48.0 Å². The van der Waals surface area contributed by atoms with E-state index < -0.39 is 6.16 Å². The molecule has 0 fully saturated rings. The van der Waals surface area contributed by atoms with Crippen molar-refractivity contribution in [1.29, 1.82) is 0 Å². The topological polar surface area (TPSA) is 59.4 Å². The number of nitrogens with zero attached hydrogens (tertiary/aromatic N) is 1. The van der Waals surface area contributed by atoms with Gasteiger partial charge in [0.1, 0.15) is 5.02 Å². The summed E-state index contributed by atoms with van der Waals surface area (Å²) >= 11 is 9.75. The molecule has 0 amide bonds. The van der Waals surface area contributed by atoms with Crippen LogP contribution in [-0.4, -0.2) is 16.2 Å². The zero-order valence-electron chi connectivity index (χ0n) is 11.1. The Morgan fingerprint density at radius 1 is 1.14 bits per heavy atom. The molecule has 0 spiro atoms. The van der Waals surface area contributed by atoms with Crippen molar-refractivity contribution in [3.8, 4) is 17.0 Å². The van der Waals surface area contributed by atoms with E-state index in [0.29, 0.717) is 21.1 Å². The number of aromatic nitrogens is 1. The van der Waals surface area contributed by atoms with E-state index in [1.165, 1.54) is 0 Å². The number of carboxylic acid groups (broad SMARTS) is 1. The van der Waals surface area contributed by atoms with Crippen LogP contribution in [0.3, 0.4) is 0 Å². The molecule has 6 heteroatoms. The molecule has 0 aliphatic rings. The molecule has 1 heterocycles. The van der Waals surface area contributed by atoms with Crippen LogP contribution in [0, 0.1) is 0 Å². The minimum Gasteiger partial charge on any atom is -0.449 e. The summed E-state index contributed by atoms with van der Waals surface area (Å²) < 4.78 is 5.58. The minimum atomic E-state index is -1.43. The number of hydrogen-bond acceptors (Lipinski definition) is 3. The number of benzene rings is 2. The van der Waals surface area contributed by atoms with Crippen molar-refractivity contribution in [2.24, 2.45) is 0 Å². The normalized spacial score (nSPS) is 10.6. The highest BCUT2D eigenvalue weighted by molar-refractivity contribution is 9.10.